The number of amides is 1. The molecule has 2 aromatic carbocycles. The van der Waals surface area contributed by atoms with E-state index in [1.165, 1.54) is 25.1 Å². The summed E-state index contributed by atoms with van der Waals surface area (Å²) in [5.41, 5.74) is 0.640. The lowest BCUT2D eigenvalue weighted by atomic mass is 10.2. The number of carbonyl (C=O) groups excluding carboxylic acids is 1. The van der Waals surface area contributed by atoms with Crippen molar-refractivity contribution in [3.05, 3.63) is 64.9 Å². The third kappa shape index (κ3) is 4.93. The van der Waals surface area contributed by atoms with Gasteiger partial charge in [0.1, 0.15) is 11.9 Å². The van der Waals surface area contributed by atoms with E-state index in [1.54, 1.807) is 24.3 Å². The monoisotopic (exact) mass is 384 g/mol. The van der Waals surface area contributed by atoms with Crippen LogP contribution in [-0.2, 0) is 21.4 Å². The Morgan fingerprint density at radius 1 is 1.20 bits per heavy atom. The minimum absolute atomic E-state index is 0.167. The first kappa shape index (κ1) is 19.2. The lowest BCUT2D eigenvalue weighted by Crippen LogP contribution is -2.48. The molecule has 2 aromatic rings. The Balaban J connectivity index is 2.19. The average molecular weight is 385 g/mol. The summed E-state index contributed by atoms with van der Waals surface area (Å²) in [6, 6.07) is 11.2. The van der Waals surface area contributed by atoms with Crippen molar-refractivity contribution in [3.63, 3.8) is 0 Å². The molecule has 0 unspecified atom stereocenters. The third-order valence-electron chi connectivity index (χ3n) is 3.56. The van der Waals surface area contributed by atoms with Crippen LogP contribution in [-0.4, -0.2) is 26.6 Å². The third-order valence-corrected chi connectivity index (χ3v) is 5.04. The zero-order chi connectivity index (χ0) is 18.6. The van der Waals surface area contributed by atoms with Crippen LogP contribution in [0.25, 0.3) is 0 Å². The van der Waals surface area contributed by atoms with Crippen LogP contribution in [0.3, 0.4) is 0 Å². The number of sulfonamides is 1. The van der Waals surface area contributed by atoms with E-state index in [1.807, 2.05) is 0 Å². The van der Waals surface area contributed by atoms with Crippen LogP contribution in [0.2, 0.25) is 5.02 Å². The minimum Gasteiger partial charge on any atom is -0.350 e. The zero-order valence-corrected chi connectivity index (χ0v) is 15.3. The average Bonchev–Trinajstić information content (AvgIpc) is 2.54. The predicted octanol–water partition coefficient (Wildman–Crippen LogP) is 2.95. The highest BCUT2D eigenvalue weighted by Crippen LogP contribution is 2.24. The number of hydrogen-bond donors (Lipinski definition) is 1. The van der Waals surface area contributed by atoms with E-state index in [4.69, 9.17) is 11.6 Å². The largest absolute Gasteiger partial charge is 0.350 e. The maximum Gasteiger partial charge on any atom is 0.243 e. The Bertz CT molecular complexity index is 856. The van der Waals surface area contributed by atoms with E-state index in [9.17, 15) is 17.6 Å². The first-order valence-electron chi connectivity index (χ1n) is 7.46. The van der Waals surface area contributed by atoms with E-state index >= 15 is 0 Å². The molecule has 1 atom stereocenters. The Hall–Kier alpha value is -2.12. The first-order chi connectivity index (χ1) is 11.7. The molecule has 0 spiro atoms. The molecule has 5 nitrogen and oxygen atoms in total. The topological polar surface area (TPSA) is 66.5 Å². The highest BCUT2D eigenvalue weighted by molar-refractivity contribution is 7.92. The molecule has 8 heteroatoms. The molecule has 0 heterocycles. The molecule has 0 radical (unpaired) electrons. The number of rotatable bonds is 6. The highest BCUT2D eigenvalue weighted by Gasteiger charge is 2.30. The summed E-state index contributed by atoms with van der Waals surface area (Å²) < 4.78 is 39.0. The van der Waals surface area contributed by atoms with Crippen molar-refractivity contribution in [3.8, 4) is 0 Å². The number of nitrogens with one attached hydrogen (secondary N) is 1. The molecular weight excluding hydrogens is 367 g/mol. The molecule has 0 aromatic heterocycles. The molecule has 134 valence electrons. The molecule has 0 aliphatic carbocycles. The SMILES string of the molecule is C[C@H](C(=O)NCc1ccc(Cl)cc1)N(c1ccccc1F)S(C)(=O)=O. The van der Waals surface area contributed by atoms with Crippen LogP contribution in [0.15, 0.2) is 48.5 Å². The van der Waals surface area contributed by atoms with E-state index < -0.39 is 27.8 Å². The van der Waals surface area contributed by atoms with E-state index in [2.05, 4.69) is 5.32 Å². The molecule has 0 aliphatic rings. The Morgan fingerprint density at radius 3 is 2.36 bits per heavy atom. The molecule has 0 aliphatic heterocycles. The van der Waals surface area contributed by atoms with Crippen LogP contribution in [0, 0.1) is 5.82 Å². The number of carbonyl (C=O) groups is 1. The fourth-order valence-electron chi connectivity index (χ4n) is 2.35. The molecular formula is C17H18ClFN2O3S. The van der Waals surface area contributed by atoms with Crippen molar-refractivity contribution in [2.24, 2.45) is 0 Å². The molecule has 0 bridgehead atoms. The number of hydrogen-bond acceptors (Lipinski definition) is 3. The van der Waals surface area contributed by atoms with Crippen LogP contribution in [0.5, 0.6) is 0 Å². The van der Waals surface area contributed by atoms with Crippen LogP contribution in [0.4, 0.5) is 10.1 Å². The lowest BCUT2D eigenvalue weighted by molar-refractivity contribution is -0.122. The molecule has 1 N–H and O–H groups in total. The van der Waals surface area contributed by atoms with Gasteiger partial charge in [-0.3, -0.25) is 9.10 Å². The van der Waals surface area contributed by atoms with Gasteiger partial charge in [0.05, 0.1) is 11.9 Å². The molecule has 0 fully saturated rings. The summed E-state index contributed by atoms with van der Waals surface area (Å²) in [7, 11) is -3.86. The smallest absolute Gasteiger partial charge is 0.243 e. The molecule has 1 amide bonds. The zero-order valence-electron chi connectivity index (χ0n) is 13.7. The van der Waals surface area contributed by atoms with Gasteiger partial charge in [-0.25, -0.2) is 12.8 Å². The van der Waals surface area contributed by atoms with Gasteiger partial charge in [-0.2, -0.15) is 0 Å². The van der Waals surface area contributed by atoms with Crippen molar-refractivity contribution in [1.82, 2.24) is 5.32 Å². The van der Waals surface area contributed by atoms with Gasteiger partial charge in [0.25, 0.3) is 0 Å². The van der Waals surface area contributed by atoms with E-state index in [0.29, 0.717) is 5.02 Å². The first-order valence-corrected chi connectivity index (χ1v) is 9.69. The van der Waals surface area contributed by atoms with Crippen molar-refractivity contribution in [1.29, 1.82) is 0 Å². The van der Waals surface area contributed by atoms with Gasteiger partial charge in [0.15, 0.2) is 0 Å². The second-order valence-electron chi connectivity index (χ2n) is 5.53. The number of anilines is 1. The van der Waals surface area contributed by atoms with E-state index in [-0.39, 0.29) is 12.2 Å². The molecule has 2 rings (SSSR count). The Morgan fingerprint density at radius 2 is 1.80 bits per heavy atom. The Kier molecular flexibility index (Phi) is 6.02. The summed E-state index contributed by atoms with van der Waals surface area (Å²) in [6.45, 7) is 1.61. The van der Waals surface area contributed by atoms with Gasteiger partial charge in [0, 0.05) is 11.6 Å². The van der Waals surface area contributed by atoms with Gasteiger partial charge >= 0.3 is 0 Å². The summed E-state index contributed by atoms with van der Waals surface area (Å²) in [5, 5.41) is 3.22. The van der Waals surface area contributed by atoms with Gasteiger partial charge in [0.2, 0.25) is 15.9 Å². The number of halogens is 2. The molecule has 0 saturated heterocycles. The summed E-state index contributed by atoms with van der Waals surface area (Å²) in [4.78, 5) is 12.4. The predicted molar refractivity (Wildman–Crippen MR) is 96.5 cm³/mol. The molecule has 25 heavy (non-hydrogen) atoms. The standard InChI is InChI=1S/C17H18ClFN2O3S/c1-12(17(22)20-11-13-7-9-14(18)10-8-13)21(25(2,23)24)16-6-4-3-5-15(16)19/h3-10,12H,11H2,1-2H3,(H,20,22)/t12-/m1/s1. The second-order valence-corrected chi connectivity index (χ2v) is 7.83. The fourth-order valence-corrected chi connectivity index (χ4v) is 3.65. The van der Waals surface area contributed by atoms with E-state index in [0.717, 1.165) is 22.2 Å². The van der Waals surface area contributed by atoms with Crippen LogP contribution in [0.1, 0.15) is 12.5 Å². The van der Waals surface area contributed by atoms with Crippen LogP contribution < -0.4 is 9.62 Å². The lowest BCUT2D eigenvalue weighted by Gasteiger charge is -2.28. The maximum absolute atomic E-state index is 14.0. The van der Waals surface area contributed by atoms with Gasteiger partial charge in [-0.1, -0.05) is 35.9 Å². The second kappa shape index (κ2) is 7.84. The van der Waals surface area contributed by atoms with Crippen molar-refractivity contribution in [2.75, 3.05) is 10.6 Å². The highest BCUT2D eigenvalue weighted by atomic mass is 35.5. The Labute approximate surface area is 151 Å². The van der Waals surface area contributed by atoms with Crippen molar-refractivity contribution < 1.29 is 17.6 Å². The number of nitrogens with zero attached hydrogens (tertiary/aromatic N) is 1. The maximum atomic E-state index is 14.0. The number of para-hydroxylation sites is 1. The fraction of sp³-hybridized carbons (Fsp3) is 0.235. The van der Waals surface area contributed by atoms with Crippen molar-refractivity contribution in [2.45, 2.75) is 19.5 Å². The van der Waals surface area contributed by atoms with Crippen LogP contribution >= 0.6 is 11.6 Å². The normalized spacial score (nSPS) is 12.5. The quantitative estimate of drug-likeness (QED) is 0.832. The molecule has 0 saturated carbocycles. The van der Waals surface area contributed by atoms with Gasteiger partial charge in [-0.15, -0.1) is 0 Å². The van der Waals surface area contributed by atoms with Gasteiger partial charge in [-0.05, 0) is 36.8 Å². The minimum atomic E-state index is -3.86. The summed E-state index contributed by atoms with van der Waals surface area (Å²) in [6.07, 6.45) is 0.933. The number of benzene rings is 2. The summed E-state index contributed by atoms with van der Waals surface area (Å²) >= 11 is 5.80. The van der Waals surface area contributed by atoms with Crippen molar-refractivity contribution >= 4 is 33.2 Å². The van der Waals surface area contributed by atoms with Gasteiger partial charge < -0.3 is 5.32 Å². The summed E-state index contributed by atoms with van der Waals surface area (Å²) in [5.74, 6) is -1.26.